The zero-order valence-electron chi connectivity index (χ0n) is 7.22. The first-order chi connectivity index (χ1) is 4.86. The molecule has 2 aromatic carbocycles. The second-order valence-electron chi connectivity index (χ2n) is 2.66. The van der Waals surface area contributed by atoms with Crippen molar-refractivity contribution in [3.05, 3.63) is 42.0 Å². The van der Waals surface area contributed by atoms with E-state index in [1.165, 1.54) is 16.3 Å². The minimum Gasteiger partial charge on any atom is -1.00 e. The fraction of sp³-hybridized carbons (Fsp3) is 0.100. The standard InChI is InChI=1S/C10H9.2ClH.Zr/c1-8-5-6-9-3-2-4-10(9)7-8;;;/h2-7H,1H3;2*1H;/q-1;;;+3/p-2. The molecule has 67 valence electrons. The molecule has 0 N–H and O–H groups in total. The van der Waals surface area contributed by atoms with E-state index in [1.54, 1.807) is 0 Å². The molecule has 0 nitrogen and oxygen atoms in total. The molecule has 2 aromatic rings. The van der Waals surface area contributed by atoms with Gasteiger partial charge in [-0.2, -0.15) is 17.5 Å². The van der Waals surface area contributed by atoms with Gasteiger partial charge in [0.05, 0.1) is 0 Å². The number of hydrogen-bond acceptors (Lipinski definition) is 0. The van der Waals surface area contributed by atoms with E-state index in [2.05, 4.69) is 43.3 Å². The Hall–Kier alpha value is 0.293. The predicted molar refractivity (Wildman–Crippen MR) is 44.3 cm³/mol. The Labute approximate surface area is 110 Å². The molecule has 0 amide bonds. The van der Waals surface area contributed by atoms with Gasteiger partial charge in [-0.25, -0.2) is 0 Å². The van der Waals surface area contributed by atoms with Crippen LogP contribution in [0.1, 0.15) is 5.56 Å². The minimum absolute atomic E-state index is 0. The zero-order chi connectivity index (χ0) is 6.97. The van der Waals surface area contributed by atoms with E-state index in [0.29, 0.717) is 0 Å². The van der Waals surface area contributed by atoms with Crippen LogP contribution in [-0.4, -0.2) is 0 Å². The van der Waals surface area contributed by atoms with Crippen LogP contribution in [0.2, 0.25) is 0 Å². The normalized spacial score (nSPS) is 8.08. The van der Waals surface area contributed by atoms with Gasteiger partial charge in [0.1, 0.15) is 0 Å². The van der Waals surface area contributed by atoms with E-state index in [-0.39, 0.29) is 51.0 Å². The largest absolute Gasteiger partial charge is 3.00 e. The van der Waals surface area contributed by atoms with Crippen molar-refractivity contribution in [2.75, 3.05) is 0 Å². The van der Waals surface area contributed by atoms with Gasteiger partial charge in [-0.05, 0) is 6.92 Å². The van der Waals surface area contributed by atoms with Gasteiger partial charge in [0.2, 0.25) is 0 Å². The van der Waals surface area contributed by atoms with E-state index in [4.69, 9.17) is 0 Å². The fourth-order valence-electron chi connectivity index (χ4n) is 1.25. The van der Waals surface area contributed by atoms with Crippen LogP contribution in [0.15, 0.2) is 36.4 Å². The van der Waals surface area contributed by atoms with Gasteiger partial charge < -0.3 is 24.8 Å². The fourth-order valence-corrected chi connectivity index (χ4v) is 1.25. The van der Waals surface area contributed by atoms with Crippen molar-refractivity contribution in [1.82, 2.24) is 0 Å². The summed E-state index contributed by atoms with van der Waals surface area (Å²) in [6.07, 6.45) is 0. The Bertz CT molecular complexity index is 354. The molecule has 13 heavy (non-hydrogen) atoms. The molecule has 0 bridgehead atoms. The smallest absolute Gasteiger partial charge is 1.00 e. The summed E-state index contributed by atoms with van der Waals surface area (Å²) in [6.45, 7) is 2.12. The molecule has 0 spiro atoms. The third-order valence-corrected chi connectivity index (χ3v) is 1.79. The van der Waals surface area contributed by atoms with Crippen molar-refractivity contribution in [3.63, 3.8) is 0 Å². The summed E-state index contributed by atoms with van der Waals surface area (Å²) in [4.78, 5) is 0. The quantitative estimate of drug-likeness (QED) is 0.451. The Morgan fingerprint density at radius 3 is 2.46 bits per heavy atom. The molecule has 0 fully saturated rings. The van der Waals surface area contributed by atoms with Crippen molar-refractivity contribution < 1.29 is 51.0 Å². The minimum atomic E-state index is 0. The van der Waals surface area contributed by atoms with Gasteiger partial charge in [0.15, 0.2) is 0 Å². The van der Waals surface area contributed by atoms with Crippen molar-refractivity contribution in [2.24, 2.45) is 0 Å². The third-order valence-electron chi connectivity index (χ3n) is 1.79. The van der Waals surface area contributed by atoms with Gasteiger partial charge in [-0.15, -0.1) is 29.7 Å². The maximum atomic E-state index is 2.20. The molecule has 0 aliphatic heterocycles. The number of fused-ring (bicyclic) bond motifs is 1. The maximum absolute atomic E-state index is 2.20. The molecule has 0 heterocycles. The van der Waals surface area contributed by atoms with Crippen molar-refractivity contribution in [3.8, 4) is 0 Å². The van der Waals surface area contributed by atoms with Crippen LogP contribution < -0.4 is 24.8 Å². The van der Waals surface area contributed by atoms with E-state index in [0.717, 1.165) is 0 Å². The van der Waals surface area contributed by atoms with Crippen LogP contribution in [-0.2, 0) is 26.2 Å². The topological polar surface area (TPSA) is 0 Å². The van der Waals surface area contributed by atoms with Crippen molar-refractivity contribution in [2.45, 2.75) is 6.92 Å². The molecule has 0 saturated heterocycles. The predicted octanol–water partition coefficient (Wildman–Crippen LogP) is -3.13. The van der Waals surface area contributed by atoms with Gasteiger partial charge in [0.25, 0.3) is 0 Å². The molecule has 0 atom stereocenters. The van der Waals surface area contributed by atoms with Gasteiger partial charge in [-0.3, -0.25) is 0 Å². The Morgan fingerprint density at radius 1 is 1.08 bits per heavy atom. The molecule has 2 rings (SSSR count). The third kappa shape index (κ3) is 3.50. The molecule has 0 saturated carbocycles. The SMILES string of the molecule is Cc1ccc2[cH-]ccc2c1.[Cl-].[Cl-].[Zr+3]. The second kappa shape index (κ2) is 6.70. The van der Waals surface area contributed by atoms with Crippen LogP contribution in [0, 0.1) is 6.92 Å². The van der Waals surface area contributed by atoms with Crippen LogP contribution in [0.25, 0.3) is 10.8 Å². The molecule has 0 aliphatic carbocycles. The maximum Gasteiger partial charge on any atom is 3.00 e. The first-order valence-electron chi connectivity index (χ1n) is 3.48. The monoisotopic (exact) mass is 289 g/mol. The second-order valence-corrected chi connectivity index (χ2v) is 2.66. The molecule has 1 radical (unpaired) electrons. The molecule has 0 aliphatic rings. The summed E-state index contributed by atoms with van der Waals surface area (Å²) in [5.41, 5.74) is 1.33. The van der Waals surface area contributed by atoms with E-state index < -0.39 is 0 Å². The number of rotatable bonds is 0. The van der Waals surface area contributed by atoms with E-state index >= 15 is 0 Å². The van der Waals surface area contributed by atoms with Crippen molar-refractivity contribution in [1.29, 1.82) is 0 Å². The van der Waals surface area contributed by atoms with Crippen LogP contribution in [0.3, 0.4) is 0 Å². The van der Waals surface area contributed by atoms with E-state index in [1.807, 2.05) is 0 Å². The van der Waals surface area contributed by atoms with Crippen molar-refractivity contribution >= 4 is 10.8 Å². The van der Waals surface area contributed by atoms with Crippen LogP contribution >= 0.6 is 0 Å². The molecule has 0 aromatic heterocycles. The first kappa shape index (κ1) is 15.8. The van der Waals surface area contributed by atoms with E-state index in [9.17, 15) is 0 Å². The summed E-state index contributed by atoms with van der Waals surface area (Å²) in [5.74, 6) is 0. The Morgan fingerprint density at radius 2 is 1.77 bits per heavy atom. The van der Waals surface area contributed by atoms with Crippen LogP contribution in [0.4, 0.5) is 0 Å². The van der Waals surface area contributed by atoms with Gasteiger partial charge in [0, 0.05) is 0 Å². The van der Waals surface area contributed by atoms with Gasteiger partial charge >= 0.3 is 26.2 Å². The summed E-state index contributed by atoms with van der Waals surface area (Å²) < 4.78 is 0. The average Bonchev–Trinajstić information content (AvgIpc) is 2.33. The zero-order valence-corrected chi connectivity index (χ0v) is 11.2. The van der Waals surface area contributed by atoms with Gasteiger partial charge in [-0.1, -0.05) is 5.56 Å². The molecular weight excluding hydrogens is 282 g/mol. The number of benzene rings is 1. The molecular formula is C10H9Cl2Zr. The molecule has 0 unspecified atom stereocenters. The van der Waals surface area contributed by atoms with Crippen LogP contribution in [0.5, 0.6) is 0 Å². The Kier molecular flexibility index (Phi) is 8.12. The number of halogens is 2. The summed E-state index contributed by atoms with van der Waals surface area (Å²) >= 11 is 0. The number of hydrogen-bond donors (Lipinski definition) is 0. The Balaban J connectivity index is 0. The average molecular weight is 291 g/mol. The molecule has 3 heteroatoms. The summed E-state index contributed by atoms with van der Waals surface area (Å²) in [6, 6.07) is 12.9. The number of aryl methyl sites for hydroxylation is 1. The first-order valence-corrected chi connectivity index (χ1v) is 3.48. The summed E-state index contributed by atoms with van der Waals surface area (Å²) in [5, 5.41) is 2.69. The summed E-state index contributed by atoms with van der Waals surface area (Å²) in [7, 11) is 0.